The predicted molar refractivity (Wildman–Crippen MR) is 79.3 cm³/mol. The van der Waals surface area contributed by atoms with Gasteiger partial charge in [-0.25, -0.2) is 0 Å². The topological polar surface area (TPSA) is 40.6 Å². The first-order chi connectivity index (χ1) is 9.68. The highest BCUT2D eigenvalue weighted by molar-refractivity contribution is 8.00. The van der Waals surface area contributed by atoms with Crippen LogP contribution < -0.4 is 0 Å². The quantitative estimate of drug-likeness (QED) is 0.826. The van der Waals surface area contributed by atoms with Gasteiger partial charge < -0.3 is 9.80 Å². The molecule has 106 valence electrons. The second kappa shape index (κ2) is 5.48. The lowest BCUT2D eigenvalue weighted by molar-refractivity contribution is -0.156. The number of hydrogen-bond acceptors (Lipinski definition) is 3. The summed E-state index contributed by atoms with van der Waals surface area (Å²) in [6.07, 6.45) is 1.57. The molecule has 3 rings (SSSR count). The molecular weight excluding hydrogens is 272 g/mol. The fourth-order valence-corrected chi connectivity index (χ4v) is 4.03. The van der Waals surface area contributed by atoms with E-state index in [-0.39, 0.29) is 23.2 Å². The Hall–Kier alpha value is -1.49. The summed E-state index contributed by atoms with van der Waals surface area (Å²) in [6.45, 7) is 0.710. The molecule has 2 aliphatic rings. The lowest BCUT2D eigenvalue weighted by Crippen LogP contribution is -2.64. The van der Waals surface area contributed by atoms with E-state index in [4.69, 9.17) is 0 Å². The van der Waals surface area contributed by atoms with Gasteiger partial charge in [0.25, 0.3) is 5.91 Å². The van der Waals surface area contributed by atoms with Gasteiger partial charge in [-0.05, 0) is 17.7 Å². The van der Waals surface area contributed by atoms with Gasteiger partial charge in [0.1, 0.15) is 6.04 Å². The molecule has 2 heterocycles. The second-order valence-corrected chi connectivity index (χ2v) is 6.45. The maximum Gasteiger partial charge on any atom is 0.256 e. The molecule has 0 N–H and O–H groups in total. The van der Waals surface area contributed by atoms with Crippen molar-refractivity contribution in [2.45, 2.75) is 24.3 Å². The third-order valence-corrected chi connectivity index (χ3v) is 5.26. The molecule has 1 aromatic rings. The van der Waals surface area contributed by atoms with Gasteiger partial charge in [0.15, 0.2) is 5.37 Å². The Bertz CT molecular complexity index is 520. The first-order valence-electron chi connectivity index (χ1n) is 6.91. The molecule has 4 nitrogen and oxygen atoms in total. The first kappa shape index (κ1) is 13.5. The van der Waals surface area contributed by atoms with Crippen LogP contribution in [0, 0.1) is 0 Å². The van der Waals surface area contributed by atoms with Crippen LogP contribution in [0.4, 0.5) is 0 Å². The van der Waals surface area contributed by atoms with Crippen LogP contribution in [0.3, 0.4) is 0 Å². The summed E-state index contributed by atoms with van der Waals surface area (Å²) in [5.74, 6) is 1.11. The highest BCUT2D eigenvalue weighted by Crippen LogP contribution is 2.30. The summed E-state index contributed by atoms with van der Waals surface area (Å²) in [5.41, 5.74) is 1.09. The van der Waals surface area contributed by atoms with Crippen LogP contribution in [0.25, 0.3) is 0 Å². The fourth-order valence-electron chi connectivity index (χ4n) is 2.81. The van der Waals surface area contributed by atoms with E-state index in [1.165, 1.54) is 0 Å². The number of piperazine rings is 1. The number of nitrogens with zero attached hydrogens (tertiary/aromatic N) is 2. The van der Waals surface area contributed by atoms with Crippen LogP contribution >= 0.6 is 11.8 Å². The lowest BCUT2D eigenvalue weighted by atomic mass is 10.0. The van der Waals surface area contributed by atoms with Gasteiger partial charge in [-0.3, -0.25) is 9.59 Å². The number of carbonyl (C=O) groups is 2. The molecule has 20 heavy (non-hydrogen) atoms. The minimum atomic E-state index is -0.361. The van der Waals surface area contributed by atoms with Crippen LogP contribution in [0.5, 0.6) is 0 Å². The molecule has 2 saturated heterocycles. The molecule has 5 heteroatoms. The number of thioether (sulfide) groups is 1. The van der Waals surface area contributed by atoms with Crippen LogP contribution in [-0.2, 0) is 16.0 Å². The monoisotopic (exact) mass is 290 g/mol. The Labute approximate surface area is 123 Å². The van der Waals surface area contributed by atoms with Gasteiger partial charge in [-0.15, -0.1) is 11.8 Å². The van der Waals surface area contributed by atoms with Gasteiger partial charge in [0.05, 0.1) is 0 Å². The zero-order chi connectivity index (χ0) is 14.1. The Kier molecular flexibility index (Phi) is 3.70. The second-order valence-electron chi connectivity index (χ2n) is 5.26. The Balaban J connectivity index is 1.83. The van der Waals surface area contributed by atoms with E-state index in [1.807, 2.05) is 30.3 Å². The van der Waals surface area contributed by atoms with Gasteiger partial charge in [0.2, 0.25) is 5.91 Å². The number of hydrogen-bond donors (Lipinski definition) is 0. The van der Waals surface area contributed by atoms with E-state index in [0.29, 0.717) is 13.0 Å². The van der Waals surface area contributed by atoms with Gasteiger partial charge in [-0.1, -0.05) is 30.3 Å². The predicted octanol–water partition coefficient (Wildman–Crippen LogP) is 1.36. The third kappa shape index (κ3) is 2.30. The van der Waals surface area contributed by atoms with Crippen molar-refractivity contribution in [3.63, 3.8) is 0 Å². The van der Waals surface area contributed by atoms with Crippen molar-refractivity contribution in [1.29, 1.82) is 0 Å². The summed E-state index contributed by atoms with van der Waals surface area (Å²) in [6, 6.07) is 9.53. The molecule has 0 aromatic heterocycles. The van der Waals surface area contributed by atoms with E-state index in [1.54, 1.807) is 28.6 Å². The number of benzene rings is 1. The number of likely N-dealkylation sites (N-methyl/N-ethyl adjacent to an activating group) is 1. The van der Waals surface area contributed by atoms with E-state index in [2.05, 4.69) is 0 Å². The minimum Gasteiger partial charge on any atom is -0.331 e. The normalized spacial score (nSPS) is 26.6. The Morgan fingerprint density at radius 2 is 1.95 bits per heavy atom. The van der Waals surface area contributed by atoms with Crippen molar-refractivity contribution >= 4 is 23.6 Å². The molecule has 2 atom stereocenters. The standard InChI is InChI=1S/C15H18N2O2S/c1-16-12(10-11-6-3-2-4-7-11)13(18)17-8-5-9-20-15(17)14(16)19/h2-4,6-7,12,15H,5,8-10H2,1H3/t12-,15-/m0/s1. The van der Waals surface area contributed by atoms with Crippen molar-refractivity contribution in [3.8, 4) is 0 Å². The van der Waals surface area contributed by atoms with Gasteiger partial charge >= 0.3 is 0 Å². The van der Waals surface area contributed by atoms with Crippen LogP contribution in [0.2, 0.25) is 0 Å². The molecule has 0 unspecified atom stereocenters. The molecule has 0 spiro atoms. The average Bonchev–Trinajstić information content (AvgIpc) is 2.50. The molecule has 0 radical (unpaired) electrons. The van der Waals surface area contributed by atoms with Crippen molar-refractivity contribution in [2.75, 3.05) is 19.3 Å². The molecular formula is C15H18N2O2S. The molecule has 1 aromatic carbocycles. The van der Waals surface area contributed by atoms with E-state index in [0.717, 1.165) is 17.7 Å². The van der Waals surface area contributed by atoms with Crippen molar-refractivity contribution in [1.82, 2.24) is 9.80 Å². The van der Waals surface area contributed by atoms with E-state index in [9.17, 15) is 9.59 Å². The Morgan fingerprint density at radius 3 is 2.70 bits per heavy atom. The molecule has 0 saturated carbocycles. The fraction of sp³-hybridized carbons (Fsp3) is 0.467. The van der Waals surface area contributed by atoms with E-state index < -0.39 is 0 Å². The van der Waals surface area contributed by atoms with Crippen LogP contribution in [0.15, 0.2) is 30.3 Å². The smallest absolute Gasteiger partial charge is 0.256 e. The highest BCUT2D eigenvalue weighted by Gasteiger charge is 2.45. The van der Waals surface area contributed by atoms with Gasteiger partial charge in [-0.2, -0.15) is 0 Å². The number of carbonyl (C=O) groups excluding carboxylic acids is 2. The number of amides is 2. The summed E-state index contributed by atoms with van der Waals surface area (Å²) in [4.78, 5) is 28.5. The highest BCUT2D eigenvalue weighted by atomic mass is 32.2. The maximum absolute atomic E-state index is 12.6. The zero-order valence-corrected chi connectivity index (χ0v) is 12.3. The Morgan fingerprint density at radius 1 is 1.20 bits per heavy atom. The summed E-state index contributed by atoms with van der Waals surface area (Å²) >= 11 is 1.58. The third-order valence-electron chi connectivity index (χ3n) is 3.97. The summed E-state index contributed by atoms with van der Waals surface area (Å²) in [5, 5.41) is -0.298. The summed E-state index contributed by atoms with van der Waals surface area (Å²) in [7, 11) is 1.75. The molecule has 0 aliphatic carbocycles. The van der Waals surface area contributed by atoms with Crippen LogP contribution in [0.1, 0.15) is 12.0 Å². The minimum absolute atomic E-state index is 0.0650. The molecule has 2 amide bonds. The molecule has 2 aliphatic heterocycles. The van der Waals surface area contributed by atoms with E-state index >= 15 is 0 Å². The van der Waals surface area contributed by atoms with Crippen LogP contribution in [-0.4, -0.2) is 52.4 Å². The molecule has 2 fully saturated rings. The van der Waals surface area contributed by atoms with Gasteiger partial charge in [0, 0.05) is 20.0 Å². The largest absolute Gasteiger partial charge is 0.331 e. The number of rotatable bonds is 2. The lowest BCUT2D eigenvalue weighted by Gasteiger charge is -2.45. The van der Waals surface area contributed by atoms with Crippen molar-refractivity contribution < 1.29 is 9.59 Å². The number of fused-ring (bicyclic) bond motifs is 1. The zero-order valence-electron chi connectivity index (χ0n) is 11.5. The first-order valence-corrected chi connectivity index (χ1v) is 7.96. The summed E-state index contributed by atoms with van der Waals surface area (Å²) < 4.78 is 0. The SMILES string of the molecule is CN1C(=O)[C@@H]2SCCCN2C(=O)[C@@H]1Cc1ccccc1. The average molecular weight is 290 g/mol. The van der Waals surface area contributed by atoms with Crippen molar-refractivity contribution in [3.05, 3.63) is 35.9 Å². The molecule has 0 bridgehead atoms. The maximum atomic E-state index is 12.6. The van der Waals surface area contributed by atoms with Crippen molar-refractivity contribution in [2.24, 2.45) is 0 Å².